The van der Waals surface area contributed by atoms with Gasteiger partial charge in [0.05, 0.1) is 11.5 Å². The van der Waals surface area contributed by atoms with Crippen LogP contribution < -0.4 is 5.32 Å². The molecule has 1 heterocycles. The van der Waals surface area contributed by atoms with Crippen LogP contribution in [0, 0.1) is 5.92 Å². The second-order valence-corrected chi connectivity index (χ2v) is 9.63. The normalized spacial score (nSPS) is 19.9. The molecule has 1 atom stereocenters. The van der Waals surface area contributed by atoms with E-state index in [1.165, 1.54) is 17.1 Å². The van der Waals surface area contributed by atoms with Crippen molar-refractivity contribution >= 4 is 21.6 Å². The van der Waals surface area contributed by atoms with Gasteiger partial charge in [-0.1, -0.05) is 30.3 Å². The van der Waals surface area contributed by atoms with Gasteiger partial charge in [0, 0.05) is 18.8 Å². The van der Waals surface area contributed by atoms with Gasteiger partial charge in [-0.25, -0.2) is 8.42 Å². The third kappa shape index (κ3) is 4.86. The lowest BCUT2D eigenvalue weighted by atomic mass is 10.2. The fourth-order valence-corrected chi connectivity index (χ4v) is 5.29. The molecule has 0 spiro atoms. The van der Waals surface area contributed by atoms with Crippen LogP contribution in [-0.2, 0) is 26.2 Å². The fraction of sp³-hybridized carbons (Fsp3) is 0.409. The molecule has 2 aromatic carbocycles. The molecule has 0 bridgehead atoms. The highest BCUT2D eigenvalue weighted by Crippen LogP contribution is 2.29. The van der Waals surface area contributed by atoms with Crippen LogP contribution in [0.2, 0.25) is 0 Å². The summed E-state index contributed by atoms with van der Waals surface area (Å²) in [5.41, 5.74) is 1.65. The predicted octanol–water partition coefficient (Wildman–Crippen LogP) is 3.41. The molecule has 1 saturated heterocycles. The number of hydrogen-bond donors (Lipinski definition) is 1. The summed E-state index contributed by atoms with van der Waals surface area (Å²) in [6.45, 7) is 1.65. The monoisotopic (exact) mass is 414 g/mol. The van der Waals surface area contributed by atoms with Crippen LogP contribution >= 0.6 is 0 Å². The fourth-order valence-electron chi connectivity index (χ4n) is 3.61. The predicted molar refractivity (Wildman–Crippen MR) is 111 cm³/mol. The molecule has 29 heavy (non-hydrogen) atoms. The lowest BCUT2D eigenvalue weighted by Gasteiger charge is -2.23. The van der Waals surface area contributed by atoms with Gasteiger partial charge in [-0.15, -0.1) is 0 Å². The van der Waals surface area contributed by atoms with E-state index in [1.807, 2.05) is 24.3 Å². The Morgan fingerprint density at radius 2 is 1.86 bits per heavy atom. The summed E-state index contributed by atoms with van der Waals surface area (Å²) in [5.74, 6) is 0.413. The molecular weight excluding hydrogens is 388 g/mol. The van der Waals surface area contributed by atoms with E-state index < -0.39 is 16.1 Å². The zero-order chi connectivity index (χ0) is 20.3. The van der Waals surface area contributed by atoms with Gasteiger partial charge in [-0.05, 0) is 61.4 Å². The largest absolute Gasteiger partial charge is 0.376 e. The van der Waals surface area contributed by atoms with Crippen LogP contribution in [0.3, 0.4) is 0 Å². The quantitative estimate of drug-likeness (QED) is 0.718. The average Bonchev–Trinajstić information content (AvgIpc) is 3.40. The number of sulfonamides is 1. The molecule has 1 aliphatic carbocycles. The van der Waals surface area contributed by atoms with E-state index in [0.29, 0.717) is 37.6 Å². The minimum absolute atomic E-state index is 0.217. The van der Waals surface area contributed by atoms with Gasteiger partial charge in [0.15, 0.2) is 0 Å². The van der Waals surface area contributed by atoms with Gasteiger partial charge in [0.1, 0.15) is 6.04 Å². The molecule has 2 fully saturated rings. The number of nitrogens with zero attached hydrogens (tertiary/aromatic N) is 1. The minimum Gasteiger partial charge on any atom is -0.376 e. The first-order valence-electron chi connectivity index (χ1n) is 10.1. The second kappa shape index (κ2) is 8.65. The van der Waals surface area contributed by atoms with Gasteiger partial charge in [0.2, 0.25) is 15.9 Å². The molecule has 7 heteroatoms. The van der Waals surface area contributed by atoms with Crippen molar-refractivity contribution < 1.29 is 17.9 Å². The van der Waals surface area contributed by atoms with Crippen LogP contribution in [0.4, 0.5) is 5.69 Å². The van der Waals surface area contributed by atoms with E-state index in [1.54, 1.807) is 30.3 Å². The van der Waals surface area contributed by atoms with Gasteiger partial charge < -0.3 is 10.1 Å². The Hall–Kier alpha value is -2.22. The number of rotatable bonds is 8. The molecule has 0 aromatic heterocycles. The van der Waals surface area contributed by atoms with Gasteiger partial charge in [-0.3, -0.25) is 4.79 Å². The maximum absolute atomic E-state index is 13.0. The number of hydrogen-bond acceptors (Lipinski definition) is 4. The maximum atomic E-state index is 13.0. The van der Waals surface area contributed by atoms with Crippen LogP contribution in [0.25, 0.3) is 0 Å². The van der Waals surface area contributed by atoms with Gasteiger partial charge >= 0.3 is 0 Å². The summed E-state index contributed by atoms with van der Waals surface area (Å²) >= 11 is 0. The number of nitrogens with one attached hydrogen (secondary N) is 1. The summed E-state index contributed by atoms with van der Waals surface area (Å²) in [6.07, 6.45) is 3.68. The van der Waals surface area contributed by atoms with Crippen molar-refractivity contribution in [2.45, 2.75) is 43.2 Å². The van der Waals surface area contributed by atoms with Gasteiger partial charge in [0.25, 0.3) is 0 Å². The Morgan fingerprint density at radius 3 is 2.62 bits per heavy atom. The number of anilines is 1. The first-order chi connectivity index (χ1) is 14.0. The topological polar surface area (TPSA) is 75.7 Å². The summed E-state index contributed by atoms with van der Waals surface area (Å²) in [4.78, 5) is 13.1. The highest BCUT2D eigenvalue weighted by molar-refractivity contribution is 7.89. The number of carbonyl (C=O) groups is 1. The lowest BCUT2D eigenvalue weighted by molar-refractivity contribution is -0.119. The first-order valence-corrected chi connectivity index (χ1v) is 11.5. The van der Waals surface area contributed by atoms with Crippen molar-refractivity contribution in [2.24, 2.45) is 5.92 Å². The molecular formula is C22H26N2O4S. The molecule has 1 N–H and O–H groups in total. The molecule has 1 saturated carbocycles. The average molecular weight is 415 g/mol. The molecule has 1 unspecified atom stereocenters. The number of amides is 1. The molecule has 1 aliphatic heterocycles. The van der Waals surface area contributed by atoms with E-state index in [0.717, 1.165) is 12.2 Å². The standard InChI is InChI=1S/C22H26N2O4S/c25-22(23-19-7-4-6-18(14-19)16-28-15-17-11-12-17)21-10-5-13-24(21)29(26,27)20-8-2-1-3-9-20/h1-4,6-9,14,17,21H,5,10-13,15-16H2,(H,23,25). The number of benzene rings is 2. The van der Waals surface area contributed by atoms with Crippen LogP contribution in [0.5, 0.6) is 0 Å². The maximum Gasteiger partial charge on any atom is 0.243 e. The molecule has 1 amide bonds. The Bertz CT molecular complexity index is 958. The van der Waals surface area contributed by atoms with Gasteiger partial charge in [-0.2, -0.15) is 4.31 Å². The lowest BCUT2D eigenvalue weighted by Crippen LogP contribution is -2.43. The Balaban J connectivity index is 1.42. The second-order valence-electron chi connectivity index (χ2n) is 7.73. The molecule has 4 rings (SSSR count). The van der Waals surface area contributed by atoms with E-state index in [2.05, 4.69) is 5.32 Å². The van der Waals surface area contributed by atoms with Crippen LogP contribution in [-0.4, -0.2) is 37.8 Å². The van der Waals surface area contributed by atoms with Crippen molar-refractivity contribution in [3.63, 3.8) is 0 Å². The van der Waals surface area contributed by atoms with E-state index in [9.17, 15) is 13.2 Å². The zero-order valence-electron chi connectivity index (χ0n) is 16.3. The SMILES string of the molecule is O=C(Nc1cccc(COCC2CC2)c1)C1CCCN1S(=O)(=O)c1ccccc1. The first kappa shape index (κ1) is 20.1. The van der Waals surface area contributed by atoms with Crippen molar-refractivity contribution in [2.75, 3.05) is 18.5 Å². The molecule has 0 radical (unpaired) electrons. The summed E-state index contributed by atoms with van der Waals surface area (Å²) < 4.78 is 33.0. The summed E-state index contributed by atoms with van der Waals surface area (Å²) in [6, 6.07) is 15.1. The number of carbonyl (C=O) groups excluding carboxylic acids is 1. The van der Waals surface area contributed by atoms with Crippen molar-refractivity contribution in [1.29, 1.82) is 0 Å². The summed E-state index contributed by atoms with van der Waals surface area (Å²) in [5, 5.41) is 2.89. The Labute approximate surface area is 171 Å². The molecule has 2 aromatic rings. The minimum atomic E-state index is -3.70. The molecule has 2 aliphatic rings. The zero-order valence-corrected chi connectivity index (χ0v) is 17.1. The highest BCUT2D eigenvalue weighted by Gasteiger charge is 2.39. The van der Waals surface area contributed by atoms with E-state index in [4.69, 9.17) is 4.74 Å². The molecule has 154 valence electrons. The van der Waals surface area contributed by atoms with Crippen LogP contribution in [0.15, 0.2) is 59.5 Å². The third-order valence-electron chi connectivity index (χ3n) is 5.37. The molecule has 6 nitrogen and oxygen atoms in total. The van der Waals surface area contributed by atoms with E-state index in [-0.39, 0.29) is 10.8 Å². The highest BCUT2D eigenvalue weighted by atomic mass is 32.2. The third-order valence-corrected chi connectivity index (χ3v) is 7.29. The van der Waals surface area contributed by atoms with Crippen molar-refractivity contribution in [1.82, 2.24) is 4.31 Å². The van der Waals surface area contributed by atoms with Crippen LogP contribution in [0.1, 0.15) is 31.2 Å². The van der Waals surface area contributed by atoms with Crippen molar-refractivity contribution in [3.05, 3.63) is 60.2 Å². The number of ether oxygens (including phenoxy) is 1. The Kier molecular flexibility index (Phi) is 5.99. The van der Waals surface area contributed by atoms with Crippen molar-refractivity contribution in [3.8, 4) is 0 Å². The summed E-state index contributed by atoms with van der Waals surface area (Å²) in [7, 11) is -3.70. The Morgan fingerprint density at radius 1 is 1.07 bits per heavy atom. The van der Waals surface area contributed by atoms with E-state index >= 15 is 0 Å². The smallest absolute Gasteiger partial charge is 0.243 e.